The predicted molar refractivity (Wildman–Crippen MR) is 67.7 cm³/mol. The molecule has 3 fully saturated rings. The van der Waals surface area contributed by atoms with E-state index in [0.717, 1.165) is 18.3 Å². The summed E-state index contributed by atoms with van der Waals surface area (Å²) in [5, 5.41) is 5.88. The standard InChI is InChI=1S/C14H22N2O2/c17-13-4-3-12(8-15-13)16-14(18)7-11-6-9-1-2-10(11)5-9/h9-12H,1-8H2,(H,15,17)(H,16,18). The summed E-state index contributed by atoms with van der Waals surface area (Å²) in [7, 11) is 0. The number of amides is 2. The quantitative estimate of drug-likeness (QED) is 0.791. The van der Waals surface area contributed by atoms with Crippen LogP contribution in [0.3, 0.4) is 0 Å². The molecule has 2 bridgehead atoms. The van der Waals surface area contributed by atoms with Gasteiger partial charge in [0.1, 0.15) is 0 Å². The third kappa shape index (κ3) is 2.52. The largest absolute Gasteiger partial charge is 0.354 e. The summed E-state index contributed by atoms with van der Waals surface area (Å²) in [6.45, 7) is 0.599. The molecule has 0 spiro atoms. The Labute approximate surface area is 108 Å². The maximum Gasteiger partial charge on any atom is 0.220 e. The van der Waals surface area contributed by atoms with Crippen LogP contribution in [0, 0.1) is 17.8 Å². The van der Waals surface area contributed by atoms with Crippen molar-refractivity contribution >= 4 is 11.8 Å². The summed E-state index contributed by atoms with van der Waals surface area (Å²) in [5.74, 6) is 2.64. The van der Waals surface area contributed by atoms with Crippen molar-refractivity contribution < 1.29 is 9.59 Å². The lowest BCUT2D eigenvalue weighted by atomic mass is 9.86. The molecule has 4 atom stereocenters. The van der Waals surface area contributed by atoms with Gasteiger partial charge in [-0.15, -0.1) is 0 Å². The van der Waals surface area contributed by atoms with Gasteiger partial charge in [-0.2, -0.15) is 0 Å². The zero-order valence-corrected chi connectivity index (χ0v) is 10.8. The Balaban J connectivity index is 1.43. The third-order valence-corrected chi connectivity index (χ3v) is 4.96. The second kappa shape index (κ2) is 4.90. The van der Waals surface area contributed by atoms with E-state index in [0.29, 0.717) is 25.3 Å². The van der Waals surface area contributed by atoms with Gasteiger partial charge in [-0.05, 0) is 43.4 Å². The lowest BCUT2D eigenvalue weighted by Crippen LogP contribution is -2.48. The highest BCUT2D eigenvalue weighted by Gasteiger charge is 2.40. The Bertz CT molecular complexity index is 346. The van der Waals surface area contributed by atoms with Crippen molar-refractivity contribution in [3.63, 3.8) is 0 Å². The first-order valence-electron chi connectivity index (χ1n) is 7.27. The fourth-order valence-corrected chi connectivity index (χ4v) is 4.01. The Hall–Kier alpha value is -1.06. The van der Waals surface area contributed by atoms with Crippen LogP contribution in [-0.4, -0.2) is 24.4 Å². The van der Waals surface area contributed by atoms with E-state index in [4.69, 9.17) is 0 Å². The van der Waals surface area contributed by atoms with Crippen molar-refractivity contribution in [2.24, 2.45) is 17.8 Å². The van der Waals surface area contributed by atoms with Gasteiger partial charge in [0.25, 0.3) is 0 Å². The molecule has 2 N–H and O–H groups in total. The summed E-state index contributed by atoms with van der Waals surface area (Å²) in [6, 6.07) is 0.147. The highest BCUT2D eigenvalue weighted by Crippen LogP contribution is 2.49. The number of hydrogen-bond acceptors (Lipinski definition) is 2. The monoisotopic (exact) mass is 250 g/mol. The molecule has 0 radical (unpaired) electrons. The van der Waals surface area contributed by atoms with Crippen LogP contribution < -0.4 is 10.6 Å². The fraction of sp³-hybridized carbons (Fsp3) is 0.857. The lowest BCUT2D eigenvalue weighted by molar-refractivity contribution is -0.126. The molecule has 4 nitrogen and oxygen atoms in total. The number of hydrogen-bond donors (Lipinski definition) is 2. The van der Waals surface area contributed by atoms with Gasteiger partial charge < -0.3 is 10.6 Å². The Morgan fingerprint density at radius 3 is 2.78 bits per heavy atom. The summed E-state index contributed by atoms with van der Waals surface area (Å²) in [5.41, 5.74) is 0. The number of piperidine rings is 1. The van der Waals surface area contributed by atoms with Crippen molar-refractivity contribution in [1.29, 1.82) is 0 Å². The minimum atomic E-state index is 0.105. The molecule has 0 aromatic carbocycles. The number of fused-ring (bicyclic) bond motifs is 2. The van der Waals surface area contributed by atoms with Crippen molar-refractivity contribution in [2.45, 2.75) is 51.0 Å². The topological polar surface area (TPSA) is 58.2 Å². The van der Waals surface area contributed by atoms with E-state index in [9.17, 15) is 9.59 Å². The van der Waals surface area contributed by atoms with E-state index in [1.807, 2.05) is 0 Å². The molecule has 2 aliphatic carbocycles. The molecule has 1 heterocycles. The number of carbonyl (C=O) groups excluding carboxylic acids is 2. The van der Waals surface area contributed by atoms with Crippen molar-refractivity contribution in [1.82, 2.24) is 10.6 Å². The Morgan fingerprint density at radius 2 is 2.17 bits per heavy atom. The Kier molecular flexibility index (Phi) is 3.27. The molecule has 18 heavy (non-hydrogen) atoms. The average Bonchev–Trinajstić information content (AvgIpc) is 2.94. The molecular formula is C14H22N2O2. The number of carbonyl (C=O) groups is 2. The third-order valence-electron chi connectivity index (χ3n) is 4.96. The minimum absolute atomic E-state index is 0.105. The average molecular weight is 250 g/mol. The van der Waals surface area contributed by atoms with Gasteiger partial charge in [-0.3, -0.25) is 9.59 Å². The molecule has 1 saturated heterocycles. The van der Waals surface area contributed by atoms with Gasteiger partial charge in [-0.25, -0.2) is 0 Å². The van der Waals surface area contributed by atoms with E-state index in [2.05, 4.69) is 10.6 Å². The van der Waals surface area contributed by atoms with Crippen LogP contribution in [0.2, 0.25) is 0 Å². The van der Waals surface area contributed by atoms with Crippen molar-refractivity contribution in [3.05, 3.63) is 0 Å². The van der Waals surface area contributed by atoms with Gasteiger partial charge in [0.2, 0.25) is 11.8 Å². The molecule has 0 aromatic heterocycles. The highest BCUT2D eigenvalue weighted by molar-refractivity contribution is 5.79. The van der Waals surface area contributed by atoms with E-state index >= 15 is 0 Å². The molecule has 0 aromatic rings. The van der Waals surface area contributed by atoms with Crippen LogP contribution in [0.15, 0.2) is 0 Å². The SMILES string of the molecule is O=C1CCC(NC(=O)CC2CC3CCC2C3)CN1. The number of rotatable bonds is 3. The van der Waals surface area contributed by atoms with Gasteiger partial charge in [0, 0.05) is 25.4 Å². The molecule has 4 unspecified atom stereocenters. The maximum absolute atomic E-state index is 12.0. The van der Waals surface area contributed by atoms with Gasteiger partial charge in [-0.1, -0.05) is 6.42 Å². The molecule has 4 heteroatoms. The second-order valence-electron chi connectivity index (χ2n) is 6.25. The zero-order chi connectivity index (χ0) is 12.5. The zero-order valence-electron chi connectivity index (χ0n) is 10.8. The summed E-state index contributed by atoms with van der Waals surface area (Å²) >= 11 is 0. The molecule has 1 aliphatic heterocycles. The first kappa shape index (κ1) is 12.0. The van der Waals surface area contributed by atoms with Crippen LogP contribution in [0.25, 0.3) is 0 Å². The smallest absolute Gasteiger partial charge is 0.220 e. The van der Waals surface area contributed by atoms with Gasteiger partial charge in [0.05, 0.1) is 0 Å². The van der Waals surface area contributed by atoms with Crippen LogP contribution in [-0.2, 0) is 9.59 Å². The molecule has 100 valence electrons. The molecule has 3 aliphatic rings. The normalized spacial score (nSPS) is 38.6. The minimum Gasteiger partial charge on any atom is -0.354 e. The van der Waals surface area contributed by atoms with Crippen LogP contribution >= 0.6 is 0 Å². The molecular weight excluding hydrogens is 228 g/mol. The van der Waals surface area contributed by atoms with E-state index < -0.39 is 0 Å². The first-order valence-corrected chi connectivity index (χ1v) is 7.27. The van der Waals surface area contributed by atoms with Crippen LogP contribution in [0.4, 0.5) is 0 Å². The first-order chi connectivity index (χ1) is 8.70. The predicted octanol–water partition coefficient (Wildman–Crippen LogP) is 1.21. The fourth-order valence-electron chi connectivity index (χ4n) is 4.01. The van der Waals surface area contributed by atoms with E-state index in [-0.39, 0.29) is 17.9 Å². The van der Waals surface area contributed by atoms with E-state index in [1.54, 1.807) is 0 Å². The highest BCUT2D eigenvalue weighted by atomic mass is 16.2. The summed E-state index contributed by atoms with van der Waals surface area (Å²) in [6.07, 6.45) is 7.37. The van der Waals surface area contributed by atoms with Crippen LogP contribution in [0.1, 0.15) is 44.9 Å². The molecule has 2 saturated carbocycles. The summed E-state index contributed by atoms with van der Waals surface area (Å²) in [4.78, 5) is 23.0. The maximum atomic E-state index is 12.0. The van der Waals surface area contributed by atoms with Gasteiger partial charge >= 0.3 is 0 Å². The molecule has 2 amide bonds. The second-order valence-corrected chi connectivity index (χ2v) is 6.25. The van der Waals surface area contributed by atoms with Gasteiger partial charge in [0.15, 0.2) is 0 Å². The summed E-state index contributed by atoms with van der Waals surface area (Å²) < 4.78 is 0. The van der Waals surface area contributed by atoms with E-state index in [1.165, 1.54) is 25.7 Å². The Morgan fingerprint density at radius 1 is 1.28 bits per heavy atom. The van der Waals surface area contributed by atoms with Crippen molar-refractivity contribution in [3.8, 4) is 0 Å². The van der Waals surface area contributed by atoms with Crippen molar-refractivity contribution in [2.75, 3.05) is 6.54 Å². The van der Waals surface area contributed by atoms with Crippen LogP contribution in [0.5, 0.6) is 0 Å². The molecule has 3 rings (SSSR count). The number of nitrogens with one attached hydrogen (secondary N) is 2. The lowest BCUT2D eigenvalue weighted by Gasteiger charge is -2.26.